The highest BCUT2D eigenvalue weighted by molar-refractivity contribution is 8.03. The minimum Gasteiger partial charge on any atom is -0.544 e. The zero-order chi connectivity index (χ0) is 17.6. The number of nitrogens with zero attached hydrogens (tertiary/aromatic N) is 1. The van der Waals surface area contributed by atoms with Crippen LogP contribution in [0.3, 0.4) is 0 Å². The number of carboxylic acid groups (broad SMARTS) is 1. The molecule has 3 aromatic rings. The van der Waals surface area contributed by atoms with Crippen molar-refractivity contribution in [3.8, 4) is 5.75 Å². The Morgan fingerprint density at radius 1 is 1.28 bits per heavy atom. The van der Waals surface area contributed by atoms with Crippen molar-refractivity contribution in [1.82, 2.24) is 4.98 Å². The van der Waals surface area contributed by atoms with Gasteiger partial charge in [0.2, 0.25) is 0 Å². The Balaban J connectivity index is 1.86. The molecule has 0 N–H and O–H groups in total. The average molecular weight is 352 g/mol. The van der Waals surface area contributed by atoms with E-state index >= 15 is 0 Å². The Morgan fingerprint density at radius 2 is 2.12 bits per heavy atom. The summed E-state index contributed by atoms with van der Waals surface area (Å²) in [6.07, 6.45) is 3.13. The molecular formula is C19H14NO4S-. The quantitative estimate of drug-likeness (QED) is 0.369. The number of hydrogen-bond acceptors (Lipinski definition) is 6. The minimum absolute atomic E-state index is 0.00701. The summed E-state index contributed by atoms with van der Waals surface area (Å²) in [6.45, 7) is 3.96. The third-order valence-corrected chi connectivity index (χ3v) is 4.05. The maximum absolute atomic E-state index is 11.5. The molecule has 0 aliphatic heterocycles. The van der Waals surface area contributed by atoms with Crippen molar-refractivity contribution in [2.24, 2.45) is 0 Å². The maximum atomic E-state index is 11.5. The highest BCUT2D eigenvalue weighted by atomic mass is 32.2. The first-order valence-corrected chi connectivity index (χ1v) is 8.27. The summed E-state index contributed by atoms with van der Waals surface area (Å²) in [5.41, 5.74) is 1.94. The van der Waals surface area contributed by atoms with Gasteiger partial charge in [-0.25, -0.2) is 4.98 Å². The van der Waals surface area contributed by atoms with Crippen molar-refractivity contribution >= 4 is 34.9 Å². The Labute approximate surface area is 148 Å². The second-order valence-electron chi connectivity index (χ2n) is 5.02. The number of hydrogen-bond donors (Lipinski definition) is 0. The van der Waals surface area contributed by atoms with E-state index in [-0.39, 0.29) is 10.1 Å². The predicted molar refractivity (Wildman–Crippen MR) is 95.0 cm³/mol. The molecular weight excluding hydrogens is 338 g/mol. The molecule has 126 valence electrons. The number of carbonyl (C=O) groups is 1. The first kappa shape index (κ1) is 16.9. The van der Waals surface area contributed by atoms with E-state index in [0.717, 1.165) is 11.8 Å². The van der Waals surface area contributed by atoms with Crippen molar-refractivity contribution in [1.29, 1.82) is 0 Å². The van der Waals surface area contributed by atoms with Gasteiger partial charge in [0.15, 0.2) is 5.58 Å². The van der Waals surface area contributed by atoms with Crippen LogP contribution in [0.1, 0.15) is 5.56 Å². The van der Waals surface area contributed by atoms with Crippen molar-refractivity contribution in [2.75, 3.05) is 6.61 Å². The second kappa shape index (κ2) is 7.72. The molecule has 0 aliphatic rings. The molecule has 0 amide bonds. The van der Waals surface area contributed by atoms with Gasteiger partial charge in [-0.3, -0.25) is 0 Å². The van der Waals surface area contributed by atoms with E-state index in [2.05, 4.69) is 11.6 Å². The summed E-state index contributed by atoms with van der Waals surface area (Å²) >= 11 is 0.905. The Hall–Kier alpha value is -2.99. The zero-order valence-corrected chi connectivity index (χ0v) is 14.0. The van der Waals surface area contributed by atoms with Crippen LogP contribution in [0.2, 0.25) is 0 Å². The lowest BCUT2D eigenvalue weighted by molar-refractivity contribution is -0.298. The number of fused-ring (bicyclic) bond motifs is 1. The summed E-state index contributed by atoms with van der Waals surface area (Å²) in [5.74, 6) is -0.678. The number of carboxylic acids is 1. The molecule has 0 spiro atoms. The number of rotatable bonds is 7. The van der Waals surface area contributed by atoms with Gasteiger partial charge in [-0.05, 0) is 47.7 Å². The summed E-state index contributed by atoms with van der Waals surface area (Å²) in [5, 5.41) is 11.7. The highest BCUT2D eigenvalue weighted by Crippen LogP contribution is 2.30. The smallest absolute Gasteiger partial charge is 0.261 e. The molecule has 0 radical (unpaired) electrons. The summed E-state index contributed by atoms with van der Waals surface area (Å²) < 4.78 is 11.0. The fourth-order valence-corrected chi connectivity index (χ4v) is 2.86. The number of thioether (sulfide) groups is 1. The van der Waals surface area contributed by atoms with E-state index < -0.39 is 5.97 Å². The van der Waals surface area contributed by atoms with Crippen LogP contribution in [0.4, 0.5) is 0 Å². The van der Waals surface area contributed by atoms with E-state index in [4.69, 9.17) is 9.15 Å². The van der Waals surface area contributed by atoms with Gasteiger partial charge in [-0.15, -0.1) is 0 Å². The van der Waals surface area contributed by atoms with Gasteiger partial charge in [0, 0.05) is 4.91 Å². The molecule has 5 nitrogen and oxygen atoms in total. The molecule has 1 aromatic heterocycles. The monoisotopic (exact) mass is 352 g/mol. The number of carbonyl (C=O) groups excluding carboxylic acids is 1. The number of aromatic nitrogens is 1. The molecule has 0 aliphatic carbocycles. The van der Waals surface area contributed by atoms with Gasteiger partial charge in [-0.1, -0.05) is 36.9 Å². The van der Waals surface area contributed by atoms with Gasteiger partial charge < -0.3 is 19.1 Å². The number of aliphatic carboxylic acids is 1. The van der Waals surface area contributed by atoms with E-state index in [1.54, 1.807) is 42.5 Å². The van der Waals surface area contributed by atoms with Gasteiger partial charge in [0.05, 0.1) is 5.97 Å². The molecule has 6 heteroatoms. The Kier molecular flexibility index (Phi) is 5.20. The molecule has 0 atom stereocenters. The van der Waals surface area contributed by atoms with Gasteiger partial charge in [-0.2, -0.15) is 0 Å². The molecule has 0 saturated heterocycles. The van der Waals surface area contributed by atoms with Crippen LogP contribution in [0.5, 0.6) is 5.75 Å². The summed E-state index contributed by atoms with van der Waals surface area (Å²) in [4.78, 5) is 15.7. The lowest BCUT2D eigenvalue weighted by Gasteiger charge is -2.07. The largest absolute Gasteiger partial charge is 0.544 e. The van der Waals surface area contributed by atoms with Gasteiger partial charge in [0.25, 0.3) is 5.22 Å². The summed E-state index contributed by atoms with van der Waals surface area (Å²) in [6, 6.07) is 14.3. The molecule has 0 bridgehead atoms. The molecule has 2 aromatic carbocycles. The molecule has 0 saturated carbocycles. The molecule has 0 unspecified atom stereocenters. The predicted octanol–water partition coefficient (Wildman–Crippen LogP) is 3.28. The number of benzene rings is 2. The summed E-state index contributed by atoms with van der Waals surface area (Å²) in [7, 11) is 0. The lowest BCUT2D eigenvalue weighted by Crippen LogP contribution is -2.23. The van der Waals surface area contributed by atoms with Crippen LogP contribution in [0.25, 0.3) is 17.2 Å². The fourth-order valence-electron chi connectivity index (χ4n) is 2.12. The van der Waals surface area contributed by atoms with Crippen molar-refractivity contribution < 1.29 is 19.1 Å². The highest BCUT2D eigenvalue weighted by Gasteiger charge is 2.10. The van der Waals surface area contributed by atoms with E-state index in [9.17, 15) is 9.90 Å². The fraction of sp³-hybridized carbons (Fsp3) is 0.0526. The van der Waals surface area contributed by atoms with Crippen LogP contribution < -0.4 is 9.84 Å². The molecule has 25 heavy (non-hydrogen) atoms. The second-order valence-corrected chi connectivity index (χ2v) is 6.01. The number of oxazole rings is 1. The first-order chi connectivity index (χ1) is 12.2. The Morgan fingerprint density at radius 3 is 2.88 bits per heavy atom. The van der Waals surface area contributed by atoms with Crippen molar-refractivity contribution in [2.45, 2.75) is 5.22 Å². The minimum atomic E-state index is -1.30. The van der Waals surface area contributed by atoms with E-state index in [1.807, 2.05) is 12.1 Å². The average Bonchev–Trinajstić information content (AvgIpc) is 3.02. The maximum Gasteiger partial charge on any atom is 0.261 e. The van der Waals surface area contributed by atoms with Gasteiger partial charge >= 0.3 is 0 Å². The lowest BCUT2D eigenvalue weighted by atomic mass is 10.2. The van der Waals surface area contributed by atoms with Gasteiger partial charge in [0.1, 0.15) is 17.9 Å². The third-order valence-electron chi connectivity index (χ3n) is 3.20. The third kappa shape index (κ3) is 4.30. The van der Waals surface area contributed by atoms with E-state index in [0.29, 0.717) is 29.0 Å². The van der Waals surface area contributed by atoms with Crippen LogP contribution in [0, 0.1) is 0 Å². The van der Waals surface area contributed by atoms with Crippen molar-refractivity contribution in [3.63, 3.8) is 0 Å². The SMILES string of the molecule is C=CCOc1cccc(/C=C(/Sc2nc3ccccc3o2)C(=O)[O-])c1. The zero-order valence-electron chi connectivity index (χ0n) is 13.2. The van der Waals surface area contributed by atoms with Crippen LogP contribution in [-0.2, 0) is 4.79 Å². The molecule has 1 heterocycles. The van der Waals surface area contributed by atoms with E-state index in [1.165, 1.54) is 6.08 Å². The molecule has 0 fully saturated rings. The van der Waals surface area contributed by atoms with Crippen LogP contribution >= 0.6 is 11.8 Å². The number of ether oxygens (including phenoxy) is 1. The standard InChI is InChI=1S/C19H15NO4S/c1-2-10-23-14-7-5-6-13(11-14)12-17(18(21)22)25-19-20-15-8-3-4-9-16(15)24-19/h2-9,11-12H,1,10H2,(H,21,22)/p-1/b17-12+. The first-order valence-electron chi connectivity index (χ1n) is 7.46. The topological polar surface area (TPSA) is 75.4 Å². The Bertz CT molecular complexity index is 912. The normalized spacial score (nSPS) is 11.4. The van der Waals surface area contributed by atoms with Crippen molar-refractivity contribution in [3.05, 3.63) is 71.7 Å². The number of para-hydroxylation sites is 2. The van der Waals surface area contributed by atoms with Crippen LogP contribution in [0.15, 0.2) is 75.7 Å². The van der Waals surface area contributed by atoms with Crippen LogP contribution in [-0.4, -0.2) is 17.6 Å². The molecule has 3 rings (SSSR count).